The molecule has 0 amide bonds. The van der Waals surface area contributed by atoms with E-state index in [4.69, 9.17) is 9.47 Å². The van der Waals surface area contributed by atoms with E-state index < -0.39 is 0 Å². The Bertz CT molecular complexity index is 875. The molecule has 140 valence electrons. The first-order valence-electron chi connectivity index (χ1n) is 9.39. The molecule has 3 aromatic rings. The van der Waals surface area contributed by atoms with Crippen LogP contribution in [0.1, 0.15) is 29.2 Å². The van der Waals surface area contributed by atoms with E-state index in [-0.39, 0.29) is 0 Å². The second-order valence-electron chi connectivity index (χ2n) is 6.66. The van der Waals surface area contributed by atoms with Crippen LogP contribution in [0, 0.1) is 13.8 Å². The van der Waals surface area contributed by atoms with Crippen LogP contribution in [-0.2, 0) is 13.2 Å². The third kappa shape index (κ3) is 5.27. The molecule has 0 heterocycles. The molecule has 3 nitrogen and oxygen atoms in total. The summed E-state index contributed by atoms with van der Waals surface area (Å²) in [4.78, 5) is 0. The molecule has 1 N–H and O–H groups in total. The lowest BCUT2D eigenvalue weighted by atomic mass is 10.1. The van der Waals surface area contributed by atoms with Crippen LogP contribution in [0.5, 0.6) is 11.5 Å². The summed E-state index contributed by atoms with van der Waals surface area (Å²) in [6.07, 6.45) is 0. The minimum Gasteiger partial charge on any atom is -0.490 e. The van der Waals surface area contributed by atoms with Crippen molar-refractivity contribution in [3.63, 3.8) is 0 Å². The average Bonchev–Trinajstić information content (AvgIpc) is 2.68. The molecule has 0 spiro atoms. The largest absolute Gasteiger partial charge is 0.490 e. The van der Waals surface area contributed by atoms with E-state index in [0.29, 0.717) is 13.2 Å². The molecule has 0 bridgehead atoms. The minimum atomic E-state index is 0.529. The van der Waals surface area contributed by atoms with Crippen molar-refractivity contribution in [3.8, 4) is 11.5 Å². The van der Waals surface area contributed by atoms with Gasteiger partial charge in [0.2, 0.25) is 0 Å². The van der Waals surface area contributed by atoms with E-state index in [0.717, 1.165) is 34.9 Å². The Labute approximate surface area is 162 Å². The predicted octanol–water partition coefficient (Wildman–Crippen LogP) is 5.89. The summed E-state index contributed by atoms with van der Waals surface area (Å²) in [5.74, 6) is 1.56. The van der Waals surface area contributed by atoms with E-state index in [2.05, 4.69) is 61.6 Å². The number of rotatable bonds is 8. The highest BCUT2D eigenvalue weighted by Crippen LogP contribution is 2.30. The molecule has 3 rings (SSSR count). The Morgan fingerprint density at radius 3 is 2.33 bits per heavy atom. The van der Waals surface area contributed by atoms with Crippen LogP contribution in [0.2, 0.25) is 0 Å². The van der Waals surface area contributed by atoms with Gasteiger partial charge in [0.1, 0.15) is 6.61 Å². The van der Waals surface area contributed by atoms with Crippen LogP contribution in [0.25, 0.3) is 0 Å². The van der Waals surface area contributed by atoms with Crippen molar-refractivity contribution in [1.82, 2.24) is 0 Å². The topological polar surface area (TPSA) is 30.5 Å². The molecule has 0 radical (unpaired) electrons. The van der Waals surface area contributed by atoms with Crippen LogP contribution in [0.3, 0.4) is 0 Å². The van der Waals surface area contributed by atoms with Gasteiger partial charge in [0, 0.05) is 12.2 Å². The first kappa shape index (κ1) is 18.8. The second kappa shape index (κ2) is 9.13. The van der Waals surface area contributed by atoms with E-state index in [9.17, 15) is 0 Å². The van der Waals surface area contributed by atoms with Crippen molar-refractivity contribution < 1.29 is 9.47 Å². The molecular weight excluding hydrogens is 334 g/mol. The molecule has 0 aliphatic heterocycles. The van der Waals surface area contributed by atoms with Crippen molar-refractivity contribution >= 4 is 5.69 Å². The van der Waals surface area contributed by atoms with Gasteiger partial charge in [-0.05, 0) is 55.7 Å². The Hall–Kier alpha value is -2.94. The Morgan fingerprint density at radius 1 is 0.778 bits per heavy atom. The van der Waals surface area contributed by atoms with Crippen LogP contribution >= 0.6 is 0 Å². The Balaban J connectivity index is 1.68. The van der Waals surface area contributed by atoms with E-state index in [1.54, 1.807) is 0 Å². The normalized spacial score (nSPS) is 10.5. The van der Waals surface area contributed by atoms with Crippen molar-refractivity contribution in [2.75, 3.05) is 11.9 Å². The SMILES string of the molecule is CCOc1cc(CNc2ccc(C)cc2C)ccc1OCc1ccccc1. The molecule has 0 fully saturated rings. The van der Waals surface area contributed by atoms with E-state index >= 15 is 0 Å². The molecule has 0 saturated carbocycles. The smallest absolute Gasteiger partial charge is 0.161 e. The summed E-state index contributed by atoms with van der Waals surface area (Å²) < 4.78 is 11.8. The minimum absolute atomic E-state index is 0.529. The average molecular weight is 361 g/mol. The van der Waals surface area contributed by atoms with Gasteiger partial charge in [-0.1, -0.05) is 54.1 Å². The van der Waals surface area contributed by atoms with Gasteiger partial charge < -0.3 is 14.8 Å². The highest BCUT2D eigenvalue weighted by Gasteiger charge is 2.08. The molecule has 3 heteroatoms. The maximum Gasteiger partial charge on any atom is 0.161 e. The standard InChI is InChI=1S/C24H27NO2/c1-4-26-24-15-21(16-25-22-12-10-18(2)14-19(22)3)11-13-23(24)27-17-20-8-6-5-7-9-20/h5-15,25H,4,16-17H2,1-3H3. The van der Waals surface area contributed by atoms with Gasteiger partial charge in [-0.3, -0.25) is 0 Å². The lowest BCUT2D eigenvalue weighted by Gasteiger charge is -2.15. The monoisotopic (exact) mass is 361 g/mol. The Kier molecular flexibility index (Phi) is 6.37. The third-order valence-electron chi connectivity index (χ3n) is 4.41. The number of ether oxygens (including phenoxy) is 2. The number of hydrogen-bond donors (Lipinski definition) is 1. The fourth-order valence-corrected chi connectivity index (χ4v) is 2.99. The predicted molar refractivity (Wildman–Crippen MR) is 112 cm³/mol. The van der Waals surface area contributed by atoms with Crippen molar-refractivity contribution in [1.29, 1.82) is 0 Å². The second-order valence-corrected chi connectivity index (χ2v) is 6.66. The first-order valence-corrected chi connectivity index (χ1v) is 9.39. The fourth-order valence-electron chi connectivity index (χ4n) is 2.99. The summed E-state index contributed by atoms with van der Waals surface area (Å²) >= 11 is 0. The van der Waals surface area contributed by atoms with Crippen molar-refractivity contribution in [3.05, 3.63) is 89.0 Å². The Morgan fingerprint density at radius 2 is 1.59 bits per heavy atom. The number of anilines is 1. The summed E-state index contributed by atoms with van der Waals surface area (Å²) in [5.41, 5.74) is 5.98. The summed E-state index contributed by atoms with van der Waals surface area (Å²) in [7, 11) is 0. The molecule has 0 aromatic heterocycles. The molecule has 0 atom stereocenters. The number of benzene rings is 3. The van der Waals surface area contributed by atoms with Crippen LogP contribution in [0.15, 0.2) is 66.7 Å². The first-order chi connectivity index (χ1) is 13.2. The zero-order chi connectivity index (χ0) is 19.1. The molecule has 0 aliphatic rings. The lowest BCUT2D eigenvalue weighted by molar-refractivity contribution is 0.269. The van der Waals surface area contributed by atoms with Gasteiger partial charge >= 0.3 is 0 Å². The van der Waals surface area contributed by atoms with E-state index in [1.807, 2.05) is 31.2 Å². The summed E-state index contributed by atoms with van der Waals surface area (Å²) in [6.45, 7) is 8.10. The molecule has 3 aromatic carbocycles. The number of nitrogens with one attached hydrogen (secondary N) is 1. The quantitative estimate of drug-likeness (QED) is 0.542. The zero-order valence-corrected chi connectivity index (χ0v) is 16.3. The lowest BCUT2D eigenvalue weighted by Crippen LogP contribution is -2.04. The van der Waals surface area contributed by atoms with Gasteiger partial charge in [0.25, 0.3) is 0 Å². The zero-order valence-electron chi connectivity index (χ0n) is 16.3. The van der Waals surface area contributed by atoms with Crippen LogP contribution < -0.4 is 14.8 Å². The molecular formula is C24H27NO2. The summed E-state index contributed by atoms with van der Waals surface area (Å²) in [6, 6.07) is 22.7. The van der Waals surface area contributed by atoms with Crippen LogP contribution in [-0.4, -0.2) is 6.61 Å². The van der Waals surface area contributed by atoms with E-state index in [1.165, 1.54) is 11.1 Å². The fraction of sp³-hybridized carbons (Fsp3) is 0.250. The summed E-state index contributed by atoms with van der Waals surface area (Å²) in [5, 5.41) is 3.51. The van der Waals surface area contributed by atoms with Crippen molar-refractivity contribution in [2.45, 2.75) is 33.9 Å². The van der Waals surface area contributed by atoms with Gasteiger partial charge in [0.05, 0.1) is 6.61 Å². The molecule has 0 aliphatic carbocycles. The van der Waals surface area contributed by atoms with Gasteiger partial charge in [-0.25, -0.2) is 0 Å². The van der Waals surface area contributed by atoms with Crippen molar-refractivity contribution in [2.24, 2.45) is 0 Å². The van der Waals surface area contributed by atoms with Gasteiger partial charge in [-0.15, -0.1) is 0 Å². The number of aryl methyl sites for hydroxylation is 2. The maximum absolute atomic E-state index is 5.98. The van der Waals surface area contributed by atoms with Gasteiger partial charge in [0.15, 0.2) is 11.5 Å². The van der Waals surface area contributed by atoms with Gasteiger partial charge in [-0.2, -0.15) is 0 Å². The molecule has 27 heavy (non-hydrogen) atoms. The molecule has 0 saturated heterocycles. The highest BCUT2D eigenvalue weighted by molar-refractivity contribution is 5.53. The van der Waals surface area contributed by atoms with Crippen LogP contribution in [0.4, 0.5) is 5.69 Å². The highest BCUT2D eigenvalue weighted by atomic mass is 16.5. The maximum atomic E-state index is 5.98. The third-order valence-corrected chi connectivity index (χ3v) is 4.41. The number of hydrogen-bond acceptors (Lipinski definition) is 3. The molecule has 0 unspecified atom stereocenters.